The third-order valence-electron chi connectivity index (χ3n) is 4.98. The van der Waals surface area contributed by atoms with Crippen molar-refractivity contribution in [3.8, 4) is 5.82 Å². The van der Waals surface area contributed by atoms with E-state index in [0.717, 1.165) is 17.9 Å². The predicted molar refractivity (Wildman–Crippen MR) is 105 cm³/mol. The van der Waals surface area contributed by atoms with Gasteiger partial charge in [0.05, 0.1) is 12.5 Å². The van der Waals surface area contributed by atoms with Gasteiger partial charge in [-0.1, -0.05) is 60.7 Å². The molecule has 0 radical (unpaired) electrons. The fourth-order valence-corrected chi connectivity index (χ4v) is 3.62. The average molecular weight is 337 g/mol. The monoisotopic (exact) mass is 337 g/mol. The Labute approximate surface area is 152 Å². The van der Waals surface area contributed by atoms with E-state index in [-0.39, 0.29) is 0 Å². The molecule has 0 aliphatic heterocycles. The van der Waals surface area contributed by atoms with E-state index < -0.39 is 0 Å². The molecular formula is C23H19N3. The summed E-state index contributed by atoms with van der Waals surface area (Å²) in [5.74, 6) is 1.00. The van der Waals surface area contributed by atoms with E-state index in [1.165, 1.54) is 27.3 Å². The minimum atomic E-state index is 0.844. The first kappa shape index (κ1) is 15.0. The van der Waals surface area contributed by atoms with Gasteiger partial charge in [0.2, 0.25) is 0 Å². The lowest BCUT2D eigenvalue weighted by molar-refractivity contribution is -0.687. The number of fused-ring (bicyclic) bond motifs is 2. The molecule has 0 saturated heterocycles. The van der Waals surface area contributed by atoms with Gasteiger partial charge in [0.25, 0.3) is 0 Å². The summed E-state index contributed by atoms with van der Waals surface area (Å²) < 4.78 is 4.30. The molecule has 126 valence electrons. The maximum absolute atomic E-state index is 4.79. The quantitative estimate of drug-likeness (QED) is 0.448. The Hall–Kier alpha value is -3.33. The highest BCUT2D eigenvalue weighted by Gasteiger charge is 2.04. The topological polar surface area (TPSA) is 22.9 Å². The SMILES string of the molecule is Cc1c(-n2cc[n+](Cc3ccc4ccccc4c3)c2)[n-]c2ccccc12. The molecule has 0 saturated carbocycles. The third kappa shape index (κ3) is 2.49. The molecule has 3 heteroatoms. The Bertz CT molecular complexity index is 1230. The van der Waals surface area contributed by atoms with Crippen LogP contribution in [0.25, 0.3) is 27.5 Å². The summed E-state index contributed by atoms with van der Waals surface area (Å²) >= 11 is 0. The summed E-state index contributed by atoms with van der Waals surface area (Å²) in [6, 6.07) is 23.4. The zero-order valence-electron chi connectivity index (χ0n) is 14.6. The average Bonchev–Trinajstić information content (AvgIpc) is 3.26. The molecule has 5 aromatic rings. The Balaban J connectivity index is 1.48. The van der Waals surface area contributed by atoms with Gasteiger partial charge in [-0.05, 0) is 57.8 Å². The van der Waals surface area contributed by atoms with Crippen molar-refractivity contribution in [1.29, 1.82) is 0 Å². The summed E-state index contributed by atoms with van der Waals surface area (Å²) in [6.45, 7) is 2.98. The van der Waals surface area contributed by atoms with Crippen LogP contribution in [0.3, 0.4) is 0 Å². The van der Waals surface area contributed by atoms with Crippen LogP contribution in [0, 0.1) is 6.92 Å². The highest BCUT2D eigenvalue weighted by Crippen LogP contribution is 2.22. The van der Waals surface area contributed by atoms with Crippen LogP contribution in [0.4, 0.5) is 0 Å². The van der Waals surface area contributed by atoms with Crippen molar-refractivity contribution < 1.29 is 4.57 Å². The lowest BCUT2D eigenvalue weighted by Gasteiger charge is -2.09. The standard InChI is InChI=1S/C23H19N3/c1-17-21-8-4-5-9-22(21)24-23(17)26-13-12-25(16-26)15-18-10-11-19-6-2-3-7-20(19)14-18/h2-14,16H,15H2,1H3. The van der Waals surface area contributed by atoms with Gasteiger partial charge in [-0.2, -0.15) is 0 Å². The van der Waals surface area contributed by atoms with Gasteiger partial charge in [-0.3, -0.25) is 4.57 Å². The fraction of sp³-hybridized carbons (Fsp3) is 0.0870. The van der Waals surface area contributed by atoms with Gasteiger partial charge in [-0.25, -0.2) is 0 Å². The van der Waals surface area contributed by atoms with E-state index in [0.29, 0.717) is 0 Å². The zero-order valence-corrected chi connectivity index (χ0v) is 14.6. The molecule has 26 heavy (non-hydrogen) atoms. The number of aryl methyl sites for hydroxylation is 1. The lowest BCUT2D eigenvalue weighted by Crippen LogP contribution is -2.31. The molecule has 0 aliphatic rings. The molecule has 0 atom stereocenters. The van der Waals surface area contributed by atoms with Gasteiger partial charge in [0, 0.05) is 0 Å². The number of nitrogens with zero attached hydrogens (tertiary/aromatic N) is 3. The van der Waals surface area contributed by atoms with E-state index in [1.807, 2.05) is 6.07 Å². The van der Waals surface area contributed by atoms with E-state index >= 15 is 0 Å². The van der Waals surface area contributed by atoms with Crippen molar-refractivity contribution in [1.82, 2.24) is 9.55 Å². The second-order valence-corrected chi connectivity index (χ2v) is 6.75. The zero-order chi connectivity index (χ0) is 17.5. The second kappa shape index (κ2) is 5.88. The number of hydrogen-bond acceptors (Lipinski definition) is 0. The normalized spacial score (nSPS) is 11.4. The highest BCUT2D eigenvalue weighted by atomic mass is 15.2. The number of para-hydroxylation sites is 1. The number of aromatic nitrogens is 3. The number of hydrogen-bond donors (Lipinski definition) is 0. The number of benzene rings is 3. The van der Waals surface area contributed by atoms with Crippen molar-refractivity contribution in [2.75, 3.05) is 0 Å². The molecule has 0 aliphatic carbocycles. The molecule has 0 spiro atoms. The first-order chi connectivity index (χ1) is 12.8. The van der Waals surface area contributed by atoms with E-state index in [4.69, 9.17) is 4.98 Å². The third-order valence-corrected chi connectivity index (χ3v) is 4.98. The van der Waals surface area contributed by atoms with E-state index in [9.17, 15) is 0 Å². The lowest BCUT2D eigenvalue weighted by atomic mass is 10.1. The number of rotatable bonds is 3. The molecule has 3 aromatic carbocycles. The summed E-state index contributed by atoms with van der Waals surface area (Å²) in [5.41, 5.74) is 3.56. The molecule has 5 rings (SSSR count). The smallest absolute Gasteiger partial charge is 0.111 e. The summed E-state index contributed by atoms with van der Waals surface area (Å²) in [5, 5.41) is 3.78. The van der Waals surface area contributed by atoms with E-state index in [2.05, 4.69) is 95.4 Å². The first-order valence-electron chi connectivity index (χ1n) is 8.85. The maximum Gasteiger partial charge on any atom is 0.111 e. The molecular weight excluding hydrogens is 318 g/mol. The molecule has 3 nitrogen and oxygen atoms in total. The fourth-order valence-electron chi connectivity index (χ4n) is 3.62. The predicted octanol–water partition coefficient (Wildman–Crippen LogP) is 4.39. The summed E-state index contributed by atoms with van der Waals surface area (Å²) in [6.07, 6.45) is 6.30. The van der Waals surface area contributed by atoms with Gasteiger partial charge < -0.3 is 9.55 Å². The van der Waals surface area contributed by atoms with Crippen LogP contribution in [0.15, 0.2) is 85.5 Å². The Morgan fingerprint density at radius 2 is 1.73 bits per heavy atom. The molecule has 2 aromatic heterocycles. The van der Waals surface area contributed by atoms with Crippen LogP contribution in [-0.4, -0.2) is 4.57 Å². The van der Waals surface area contributed by atoms with Crippen molar-refractivity contribution in [3.63, 3.8) is 0 Å². The van der Waals surface area contributed by atoms with Gasteiger partial charge in [0.1, 0.15) is 6.54 Å². The summed E-state index contributed by atoms with van der Waals surface area (Å²) in [4.78, 5) is 4.79. The van der Waals surface area contributed by atoms with Crippen LogP contribution in [0.2, 0.25) is 0 Å². The van der Waals surface area contributed by atoms with Gasteiger partial charge >= 0.3 is 0 Å². The van der Waals surface area contributed by atoms with Crippen molar-refractivity contribution in [3.05, 3.63) is 96.6 Å². The molecule has 0 amide bonds. The minimum absolute atomic E-state index is 0.844. The molecule has 0 N–H and O–H groups in total. The minimum Gasteiger partial charge on any atom is -0.435 e. The molecule has 0 fully saturated rings. The van der Waals surface area contributed by atoms with Crippen LogP contribution < -0.4 is 9.55 Å². The van der Waals surface area contributed by atoms with Crippen molar-refractivity contribution in [2.24, 2.45) is 0 Å². The van der Waals surface area contributed by atoms with Crippen LogP contribution in [0.5, 0.6) is 0 Å². The Morgan fingerprint density at radius 3 is 2.62 bits per heavy atom. The van der Waals surface area contributed by atoms with Gasteiger partial charge in [-0.15, -0.1) is 0 Å². The Morgan fingerprint density at radius 1 is 0.923 bits per heavy atom. The maximum atomic E-state index is 4.79. The molecule has 2 heterocycles. The molecule has 0 unspecified atom stereocenters. The van der Waals surface area contributed by atoms with Crippen molar-refractivity contribution in [2.45, 2.75) is 13.5 Å². The largest absolute Gasteiger partial charge is 0.435 e. The van der Waals surface area contributed by atoms with Gasteiger partial charge in [0.15, 0.2) is 0 Å². The van der Waals surface area contributed by atoms with Crippen LogP contribution in [-0.2, 0) is 6.54 Å². The van der Waals surface area contributed by atoms with Crippen LogP contribution >= 0.6 is 0 Å². The highest BCUT2D eigenvalue weighted by molar-refractivity contribution is 5.86. The van der Waals surface area contributed by atoms with Crippen LogP contribution in [0.1, 0.15) is 11.1 Å². The molecule has 0 bridgehead atoms. The van der Waals surface area contributed by atoms with E-state index in [1.54, 1.807) is 0 Å². The summed E-state index contributed by atoms with van der Waals surface area (Å²) in [7, 11) is 0. The first-order valence-corrected chi connectivity index (χ1v) is 8.85. The van der Waals surface area contributed by atoms with Crippen molar-refractivity contribution >= 4 is 21.7 Å². The Kier molecular flexibility index (Phi) is 3.39. The second-order valence-electron chi connectivity index (χ2n) is 6.75. The number of imidazole rings is 1.